The van der Waals surface area contributed by atoms with E-state index in [0.717, 1.165) is 18.3 Å². The molecule has 0 aromatic rings. The second-order valence-corrected chi connectivity index (χ2v) is 7.29. The highest BCUT2D eigenvalue weighted by atomic mass is 15.2. The minimum atomic E-state index is 0.689. The van der Waals surface area contributed by atoms with Crippen LogP contribution in [0.25, 0.3) is 0 Å². The van der Waals surface area contributed by atoms with E-state index in [-0.39, 0.29) is 0 Å². The lowest BCUT2D eigenvalue weighted by Crippen LogP contribution is -2.46. The van der Waals surface area contributed by atoms with E-state index in [0.29, 0.717) is 6.04 Å². The van der Waals surface area contributed by atoms with Gasteiger partial charge in [-0.25, -0.2) is 0 Å². The average molecular weight is 285 g/mol. The Bertz CT molecular complexity index is 404. The molecule has 0 radical (unpaired) electrons. The Morgan fingerprint density at radius 2 is 1.76 bits per heavy atom. The molecule has 1 aliphatic heterocycles. The highest BCUT2D eigenvalue weighted by molar-refractivity contribution is 5.31. The highest BCUT2D eigenvalue weighted by Crippen LogP contribution is 2.35. The molecule has 1 unspecified atom stereocenters. The summed E-state index contributed by atoms with van der Waals surface area (Å²) >= 11 is 0. The predicted molar refractivity (Wildman–Crippen MR) is 91.3 cm³/mol. The fourth-order valence-electron chi connectivity index (χ4n) is 4.35. The fraction of sp³-hybridized carbons (Fsp3) is 0.700. The van der Waals surface area contributed by atoms with Gasteiger partial charge in [-0.3, -0.25) is 4.90 Å². The van der Waals surface area contributed by atoms with E-state index in [2.05, 4.69) is 42.2 Å². The Labute approximate surface area is 130 Å². The van der Waals surface area contributed by atoms with E-state index in [9.17, 15) is 0 Å². The Morgan fingerprint density at radius 1 is 1.00 bits per heavy atom. The Kier molecular flexibility index (Phi) is 5.35. The van der Waals surface area contributed by atoms with E-state index in [4.69, 9.17) is 0 Å². The number of hydrogen-bond donors (Lipinski definition) is 0. The van der Waals surface area contributed by atoms with E-state index < -0.39 is 0 Å². The summed E-state index contributed by atoms with van der Waals surface area (Å²) in [6.07, 6.45) is 22.7. The average Bonchev–Trinajstić information content (AvgIpc) is 2.80. The monoisotopic (exact) mass is 285 g/mol. The van der Waals surface area contributed by atoms with Gasteiger partial charge < -0.3 is 0 Å². The third-order valence-corrected chi connectivity index (χ3v) is 5.67. The van der Waals surface area contributed by atoms with Gasteiger partial charge in [0.25, 0.3) is 0 Å². The molecule has 21 heavy (non-hydrogen) atoms. The van der Waals surface area contributed by atoms with Crippen molar-refractivity contribution in [1.29, 1.82) is 0 Å². The van der Waals surface area contributed by atoms with Crippen LogP contribution in [0.4, 0.5) is 0 Å². The minimum absolute atomic E-state index is 0.689. The van der Waals surface area contributed by atoms with Crippen molar-refractivity contribution in [2.75, 3.05) is 13.1 Å². The van der Waals surface area contributed by atoms with Crippen LogP contribution in [-0.4, -0.2) is 24.0 Å². The van der Waals surface area contributed by atoms with Crippen molar-refractivity contribution in [3.05, 3.63) is 36.0 Å². The predicted octanol–water partition coefficient (Wildman–Crippen LogP) is 5.11. The van der Waals surface area contributed by atoms with E-state index in [1.165, 1.54) is 58.0 Å². The summed E-state index contributed by atoms with van der Waals surface area (Å²) in [5.41, 5.74) is 1.60. The second kappa shape index (κ2) is 7.45. The molecular weight excluding hydrogens is 254 g/mol. The molecule has 0 amide bonds. The van der Waals surface area contributed by atoms with Gasteiger partial charge in [-0.2, -0.15) is 0 Å². The molecule has 3 rings (SSSR count). The largest absolute Gasteiger partial charge is 0.296 e. The summed E-state index contributed by atoms with van der Waals surface area (Å²) in [4.78, 5) is 2.82. The molecule has 1 saturated carbocycles. The molecule has 1 heterocycles. The van der Waals surface area contributed by atoms with E-state index in [1.54, 1.807) is 5.57 Å². The Morgan fingerprint density at radius 3 is 2.52 bits per heavy atom. The summed E-state index contributed by atoms with van der Waals surface area (Å²) in [7, 11) is 0. The first kappa shape index (κ1) is 15.1. The topological polar surface area (TPSA) is 3.24 Å². The van der Waals surface area contributed by atoms with Gasteiger partial charge in [-0.05, 0) is 62.6 Å². The van der Waals surface area contributed by atoms with Gasteiger partial charge in [0.2, 0.25) is 0 Å². The van der Waals surface area contributed by atoms with Crippen molar-refractivity contribution in [3.8, 4) is 0 Å². The maximum Gasteiger partial charge on any atom is 0.0373 e. The van der Waals surface area contributed by atoms with Crippen LogP contribution in [0.15, 0.2) is 36.0 Å². The van der Waals surface area contributed by atoms with Crippen molar-refractivity contribution >= 4 is 0 Å². The Balaban J connectivity index is 1.78. The lowest BCUT2D eigenvalue weighted by atomic mass is 9.79. The zero-order chi connectivity index (χ0) is 14.5. The van der Waals surface area contributed by atoms with Gasteiger partial charge in [-0.1, -0.05) is 56.6 Å². The fourth-order valence-corrected chi connectivity index (χ4v) is 4.35. The molecule has 0 aromatic heterocycles. The maximum atomic E-state index is 2.82. The first-order chi connectivity index (χ1) is 10.3. The van der Waals surface area contributed by atoms with Gasteiger partial charge in [0, 0.05) is 6.04 Å². The minimum Gasteiger partial charge on any atom is -0.296 e. The van der Waals surface area contributed by atoms with Crippen LogP contribution in [0.5, 0.6) is 0 Å². The van der Waals surface area contributed by atoms with Crippen LogP contribution in [0.2, 0.25) is 0 Å². The third-order valence-electron chi connectivity index (χ3n) is 5.67. The van der Waals surface area contributed by atoms with Crippen molar-refractivity contribution < 1.29 is 0 Å². The number of hydrogen-bond acceptors (Lipinski definition) is 1. The maximum absolute atomic E-state index is 2.82. The van der Waals surface area contributed by atoms with Crippen molar-refractivity contribution in [3.63, 3.8) is 0 Å². The zero-order valence-corrected chi connectivity index (χ0v) is 13.6. The zero-order valence-electron chi connectivity index (χ0n) is 13.6. The van der Waals surface area contributed by atoms with Crippen molar-refractivity contribution in [2.45, 2.75) is 64.3 Å². The first-order valence-corrected chi connectivity index (χ1v) is 9.12. The van der Waals surface area contributed by atoms with Gasteiger partial charge in [0.05, 0.1) is 0 Å². The second-order valence-electron chi connectivity index (χ2n) is 7.29. The normalized spacial score (nSPS) is 27.4. The molecule has 1 saturated heterocycles. The number of rotatable bonds is 3. The molecule has 2 aliphatic carbocycles. The number of allylic oxidation sites excluding steroid dienone is 4. The molecular formula is C20H31N. The van der Waals surface area contributed by atoms with Crippen LogP contribution in [0, 0.1) is 11.8 Å². The SMILES string of the molecule is CC1CCN(C(C2=CCC=CC=C2)C2CCCCC2)CC1. The van der Waals surface area contributed by atoms with Crippen LogP contribution < -0.4 is 0 Å². The summed E-state index contributed by atoms with van der Waals surface area (Å²) in [5.74, 6) is 1.81. The quantitative estimate of drug-likeness (QED) is 0.696. The third kappa shape index (κ3) is 3.88. The molecule has 2 fully saturated rings. The van der Waals surface area contributed by atoms with Crippen LogP contribution in [0.1, 0.15) is 58.3 Å². The lowest BCUT2D eigenvalue weighted by molar-refractivity contribution is 0.104. The number of nitrogens with zero attached hydrogens (tertiary/aromatic N) is 1. The highest BCUT2D eigenvalue weighted by Gasteiger charge is 2.32. The molecule has 0 N–H and O–H groups in total. The van der Waals surface area contributed by atoms with Gasteiger partial charge >= 0.3 is 0 Å². The smallest absolute Gasteiger partial charge is 0.0373 e. The summed E-state index contributed by atoms with van der Waals surface area (Å²) < 4.78 is 0. The summed E-state index contributed by atoms with van der Waals surface area (Å²) in [6, 6.07) is 0.689. The standard InChI is InChI=1S/C20H31N/c1-17-13-15-21(16-14-17)20(19-11-7-4-8-12-19)18-9-5-2-3-6-10-18/h2-3,5,9-10,17,19-20H,4,6-8,11-16H2,1H3. The summed E-state index contributed by atoms with van der Waals surface area (Å²) in [5, 5.41) is 0. The molecule has 1 atom stereocenters. The number of piperidine rings is 1. The van der Waals surface area contributed by atoms with Crippen LogP contribution in [0.3, 0.4) is 0 Å². The first-order valence-electron chi connectivity index (χ1n) is 9.12. The Hall–Kier alpha value is -0.820. The van der Waals surface area contributed by atoms with Gasteiger partial charge in [0.15, 0.2) is 0 Å². The van der Waals surface area contributed by atoms with Crippen LogP contribution >= 0.6 is 0 Å². The molecule has 0 bridgehead atoms. The summed E-state index contributed by atoms with van der Waals surface area (Å²) in [6.45, 7) is 5.03. The molecule has 1 nitrogen and oxygen atoms in total. The molecule has 1 heteroatoms. The van der Waals surface area contributed by atoms with E-state index in [1.807, 2.05) is 0 Å². The van der Waals surface area contributed by atoms with Crippen molar-refractivity contribution in [2.24, 2.45) is 11.8 Å². The molecule has 0 aromatic carbocycles. The van der Waals surface area contributed by atoms with Crippen molar-refractivity contribution in [1.82, 2.24) is 4.90 Å². The van der Waals surface area contributed by atoms with Gasteiger partial charge in [0.1, 0.15) is 0 Å². The van der Waals surface area contributed by atoms with Gasteiger partial charge in [-0.15, -0.1) is 0 Å². The molecule has 0 spiro atoms. The molecule has 116 valence electrons. The molecule has 3 aliphatic rings. The van der Waals surface area contributed by atoms with Crippen LogP contribution in [-0.2, 0) is 0 Å². The van der Waals surface area contributed by atoms with E-state index >= 15 is 0 Å². The lowest BCUT2D eigenvalue weighted by Gasteiger charge is -2.42. The number of likely N-dealkylation sites (tertiary alicyclic amines) is 1.